The zero-order valence-corrected chi connectivity index (χ0v) is 12.4. The van der Waals surface area contributed by atoms with Gasteiger partial charge in [-0.15, -0.1) is 13.2 Å². The molecule has 1 fully saturated rings. The van der Waals surface area contributed by atoms with Gasteiger partial charge in [-0.2, -0.15) is 0 Å². The summed E-state index contributed by atoms with van der Waals surface area (Å²) < 4.78 is 22.3. The summed E-state index contributed by atoms with van der Waals surface area (Å²) in [5.41, 5.74) is 0. The van der Waals surface area contributed by atoms with E-state index in [0.29, 0.717) is 0 Å². The highest BCUT2D eigenvalue weighted by Gasteiger charge is 2.58. The number of hydrogen-bond donors (Lipinski definition) is 2. The molecule has 1 rings (SSSR count). The summed E-state index contributed by atoms with van der Waals surface area (Å²) in [5, 5.41) is 20.0. The lowest BCUT2D eigenvalue weighted by Crippen LogP contribution is -2.68. The van der Waals surface area contributed by atoms with E-state index in [1.807, 2.05) is 0 Å². The topological polar surface area (TPSA) is 77.4 Å². The van der Waals surface area contributed by atoms with Crippen LogP contribution in [0.25, 0.3) is 0 Å². The van der Waals surface area contributed by atoms with E-state index in [-0.39, 0.29) is 0 Å². The third-order valence-electron chi connectivity index (χ3n) is 3.81. The van der Waals surface area contributed by atoms with Crippen molar-refractivity contribution in [1.29, 1.82) is 0 Å². The Labute approximate surface area is 119 Å². The first-order valence-corrected chi connectivity index (χ1v) is 6.35. The largest absolute Gasteiger partial charge is 0.386 e. The number of ether oxygens (including phenoxy) is 4. The normalized spacial score (nSPS) is 40.9. The lowest BCUT2D eigenvalue weighted by atomic mass is 9.96. The summed E-state index contributed by atoms with van der Waals surface area (Å²) in [6.45, 7) is 10.3. The highest BCUT2D eigenvalue weighted by atomic mass is 16.8. The monoisotopic (exact) mass is 288 g/mol. The van der Waals surface area contributed by atoms with Crippen LogP contribution in [0.15, 0.2) is 25.3 Å². The Kier molecular flexibility index (Phi) is 5.48. The molecule has 1 aliphatic rings. The van der Waals surface area contributed by atoms with Gasteiger partial charge in [-0.05, 0) is 13.8 Å². The van der Waals surface area contributed by atoms with Gasteiger partial charge in [0.2, 0.25) is 11.6 Å². The maximum atomic E-state index is 10.0. The van der Waals surface area contributed by atoms with Crippen molar-refractivity contribution in [2.45, 2.75) is 49.8 Å². The molecule has 6 heteroatoms. The Balaban J connectivity index is 3.18. The molecular weight excluding hydrogens is 264 g/mol. The number of rotatable bonds is 6. The molecule has 0 saturated carbocycles. The fraction of sp³-hybridized carbons (Fsp3) is 0.714. The molecule has 1 heterocycles. The fourth-order valence-electron chi connectivity index (χ4n) is 2.13. The smallest absolute Gasteiger partial charge is 0.220 e. The number of methoxy groups -OCH3 is 2. The van der Waals surface area contributed by atoms with Crippen LogP contribution < -0.4 is 0 Å². The van der Waals surface area contributed by atoms with Crippen molar-refractivity contribution >= 4 is 0 Å². The Morgan fingerprint density at radius 3 is 1.45 bits per heavy atom. The van der Waals surface area contributed by atoms with Crippen LogP contribution in [0.4, 0.5) is 0 Å². The van der Waals surface area contributed by atoms with Gasteiger partial charge in [-0.25, -0.2) is 0 Å². The molecule has 0 aromatic heterocycles. The minimum atomic E-state index is -1.26. The molecule has 0 radical (unpaired) electrons. The molecule has 0 spiro atoms. The third-order valence-corrected chi connectivity index (χ3v) is 3.81. The summed E-state index contributed by atoms with van der Waals surface area (Å²) in [4.78, 5) is 0. The van der Waals surface area contributed by atoms with Crippen LogP contribution in [-0.4, -0.2) is 60.4 Å². The zero-order chi connectivity index (χ0) is 15.6. The standard InChI is InChI=1S/C14H24O6/c1-7-9(15)11-12(10(16)8-2)20-14(4,18-6)13(3,17-5)19-11/h7-12,15-16H,1-2H2,3-6H3/t9?,10?,11-,12-,13+,14+/m0/s1. The van der Waals surface area contributed by atoms with E-state index in [2.05, 4.69) is 13.2 Å². The third kappa shape index (κ3) is 2.81. The molecule has 20 heavy (non-hydrogen) atoms. The predicted octanol–water partition coefficient (Wildman–Crippen LogP) is 0.589. The molecular formula is C14H24O6. The first kappa shape index (κ1) is 17.3. The van der Waals surface area contributed by atoms with Gasteiger partial charge in [-0.3, -0.25) is 0 Å². The van der Waals surface area contributed by atoms with Gasteiger partial charge in [-0.1, -0.05) is 12.2 Å². The fourth-order valence-corrected chi connectivity index (χ4v) is 2.13. The average molecular weight is 288 g/mol. The SMILES string of the molecule is C=CC(O)[C@@H]1O[C@@](C)(OC)[C@](C)(OC)O[C@H]1C(O)C=C. The van der Waals surface area contributed by atoms with Gasteiger partial charge in [0.25, 0.3) is 0 Å². The van der Waals surface area contributed by atoms with E-state index < -0.39 is 36.0 Å². The Bertz CT molecular complexity index is 326. The molecule has 0 aromatic carbocycles. The van der Waals surface area contributed by atoms with Crippen molar-refractivity contribution < 1.29 is 29.2 Å². The second-order valence-corrected chi connectivity index (χ2v) is 4.92. The first-order valence-electron chi connectivity index (χ1n) is 6.35. The van der Waals surface area contributed by atoms with E-state index in [1.54, 1.807) is 13.8 Å². The van der Waals surface area contributed by atoms with Crippen LogP contribution in [0.2, 0.25) is 0 Å². The quantitative estimate of drug-likeness (QED) is 0.697. The van der Waals surface area contributed by atoms with Crippen molar-refractivity contribution in [2.24, 2.45) is 0 Å². The van der Waals surface area contributed by atoms with Gasteiger partial charge < -0.3 is 29.2 Å². The number of aliphatic hydroxyl groups is 2. The summed E-state index contributed by atoms with van der Waals surface area (Å²) in [6.07, 6.45) is -1.19. The first-order chi connectivity index (χ1) is 9.28. The molecule has 2 N–H and O–H groups in total. The highest BCUT2D eigenvalue weighted by Crippen LogP contribution is 2.40. The summed E-state index contributed by atoms with van der Waals surface area (Å²) in [5.74, 6) is -2.51. The lowest BCUT2D eigenvalue weighted by molar-refractivity contribution is -0.456. The van der Waals surface area contributed by atoms with Crippen molar-refractivity contribution in [3.63, 3.8) is 0 Å². The number of aliphatic hydroxyl groups excluding tert-OH is 2. The van der Waals surface area contributed by atoms with Crippen LogP contribution >= 0.6 is 0 Å². The van der Waals surface area contributed by atoms with Gasteiger partial charge >= 0.3 is 0 Å². The van der Waals surface area contributed by atoms with Crippen LogP contribution in [0.1, 0.15) is 13.8 Å². The number of hydrogen-bond acceptors (Lipinski definition) is 6. The zero-order valence-electron chi connectivity index (χ0n) is 12.4. The second-order valence-electron chi connectivity index (χ2n) is 4.92. The van der Waals surface area contributed by atoms with E-state index in [9.17, 15) is 10.2 Å². The second kappa shape index (κ2) is 6.34. The van der Waals surface area contributed by atoms with E-state index in [0.717, 1.165) is 0 Å². The van der Waals surface area contributed by atoms with E-state index >= 15 is 0 Å². The predicted molar refractivity (Wildman–Crippen MR) is 73.0 cm³/mol. The molecule has 116 valence electrons. The molecule has 6 nitrogen and oxygen atoms in total. The molecule has 1 aliphatic heterocycles. The van der Waals surface area contributed by atoms with Crippen LogP contribution in [-0.2, 0) is 18.9 Å². The Hall–Kier alpha value is -0.760. The maximum Gasteiger partial charge on any atom is 0.220 e. The Morgan fingerprint density at radius 1 is 0.950 bits per heavy atom. The molecule has 0 aliphatic carbocycles. The minimum Gasteiger partial charge on any atom is -0.386 e. The summed E-state index contributed by atoms with van der Waals surface area (Å²) >= 11 is 0. The highest BCUT2D eigenvalue weighted by molar-refractivity contribution is 5.03. The molecule has 1 saturated heterocycles. The van der Waals surface area contributed by atoms with Crippen molar-refractivity contribution in [2.75, 3.05) is 14.2 Å². The van der Waals surface area contributed by atoms with Crippen LogP contribution in [0.3, 0.4) is 0 Å². The van der Waals surface area contributed by atoms with Crippen molar-refractivity contribution in [3.8, 4) is 0 Å². The summed E-state index contributed by atoms with van der Waals surface area (Å²) in [6, 6.07) is 0. The molecule has 6 atom stereocenters. The molecule has 0 amide bonds. The van der Waals surface area contributed by atoms with Gasteiger partial charge in [0.1, 0.15) is 24.4 Å². The summed E-state index contributed by atoms with van der Waals surface area (Å²) in [7, 11) is 2.89. The van der Waals surface area contributed by atoms with Crippen LogP contribution in [0, 0.1) is 0 Å². The molecule has 0 bridgehead atoms. The Morgan fingerprint density at radius 2 is 1.25 bits per heavy atom. The molecule has 0 aromatic rings. The van der Waals surface area contributed by atoms with Gasteiger partial charge in [0.05, 0.1) is 0 Å². The van der Waals surface area contributed by atoms with E-state index in [4.69, 9.17) is 18.9 Å². The lowest BCUT2D eigenvalue weighted by Gasteiger charge is -2.53. The van der Waals surface area contributed by atoms with Crippen LogP contribution in [0.5, 0.6) is 0 Å². The van der Waals surface area contributed by atoms with Gasteiger partial charge in [0, 0.05) is 14.2 Å². The van der Waals surface area contributed by atoms with E-state index in [1.165, 1.54) is 26.4 Å². The van der Waals surface area contributed by atoms with Gasteiger partial charge in [0.15, 0.2) is 0 Å². The van der Waals surface area contributed by atoms with Crippen molar-refractivity contribution in [3.05, 3.63) is 25.3 Å². The molecule has 2 unspecified atom stereocenters. The van der Waals surface area contributed by atoms with Crippen molar-refractivity contribution in [1.82, 2.24) is 0 Å². The maximum absolute atomic E-state index is 10.0. The minimum absolute atomic E-state index is 0.867. The average Bonchev–Trinajstić information content (AvgIpc) is 2.47.